The number of nitrogens with one attached hydrogen (secondary N) is 1. The van der Waals surface area contributed by atoms with Crippen molar-refractivity contribution in [3.05, 3.63) is 24.2 Å². The van der Waals surface area contributed by atoms with E-state index in [2.05, 4.69) is 20.4 Å². The summed E-state index contributed by atoms with van der Waals surface area (Å²) in [6.45, 7) is 1.77. The molecule has 116 valence electrons. The van der Waals surface area contributed by atoms with E-state index in [0.717, 1.165) is 23.4 Å². The zero-order chi connectivity index (χ0) is 15.4. The second-order valence-electron chi connectivity index (χ2n) is 5.37. The van der Waals surface area contributed by atoms with Gasteiger partial charge in [-0.05, 0) is 31.9 Å². The third-order valence-corrected chi connectivity index (χ3v) is 4.53. The molecule has 7 heteroatoms. The minimum atomic E-state index is 0.0790. The lowest BCUT2D eigenvalue weighted by Gasteiger charge is -2.11. The van der Waals surface area contributed by atoms with E-state index in [0.29, 0.717) is 23.5 Å². The maximum Gasteiger partial charge on any atom is 0.259 e. The molecule has 3 rings (SSSR count). The van der Waals surface area contributed by atoms with Crippen molar-refractivity contribution in [3.63, 3.8) is 0 Å². The van der Waals surface area contributed by atoms with Gasteiger partial charge in [-0.3, -0.25) is 4.79 Å². The number of hydrogen-bond acceptors (Lipinski definition) is 6. The van der Waals surface area contributed by atoms with Gasteiger partial charge in [-0.15, -0.1) is 0 Å². The first kappa shape index (κ1) is 15.0. The number of thioether (sulfide) groups is 1. The Morgan fingerprint density at radius 1 is 1.41 bits per heavy atom. The molecule has 1 N–H and O–H groups in total. The molecular weight excluding hydrogens is 300 g/mol. The Balaban J connectivity index is 1.51. The van der Waals surface area contributed by atoms with E-state index in [1.165, 1.54) is 24.6 Å². The molecule has 1 saturated carbocycles. The fourth-order valence-corrected chi connectivity index (χ4v) is 3.14. The zero-order valence-corrected chi connectivity index (χ0v) is 13.2. The lowest BCUT2D eigenvalue weighted by molar-refractivity contribution is -0.119. The number of carbonyl (C=O) groups is 1. The number of amides is 1. The lowest BCUT2D eigenvalue weighted by atomic mass is 10.2. The van der Waals surface area contributed by atoms with Crippen molar-refractivity contribution < 1.29 is 9.32 Å². The summed E-state index contributed by atoms with van der Waals surface area (Å²) in [4.78, 5) is 20.3. The molecular formula is C15H18N4O2S. The van der Waals surface area contributed by atoms with Crippen LogP contribution in [0.4, 0.5) is 0 Å². The fraction of sp³-hybridized carbons (Fsp3) is 0.467. The Hall–Kier alpha value is -1.89. The van der Waals surface area contributed by atoms with Gasteiger partial charge in [0, 0.05) is 12.2 Å². The van der Waals surface area contributed by atoms with Crippen LogP contribution >= 0.6 is 11.8 Å². The van der Waals surface area contributed by atoms with Gasteiger partial charge in [0.2, 0.25) is 5.91 Å². The van der Waals surface area contributed by atoms with Gasteiger partial charge in [-0.1, -0.05) is 29.8 Å². The predicted octanol–water partition coefficient (Wildman–Crippen LogP) is 2.59. The molecule has 1 aliphatic rings. The normalized spacial score (nSPS) is 15.1. The average molecular weight is 318 g/mol. The molecule has 0 saturated heterocycles. The highest BCUT2D eigenvalue weighted by Gasteiger charge is 2.17. The third kappa shape index (κ3) is 3.85. The Morgan fingerprint density at radius 3 is 2.86 bits per heavy atom. The molecule has 0 spiro atoms. The molecule has 0 radical (unpaired) electrons. The van der Waals surface area contributed by atoms with Crippen LogP contribution in [0.3, 0.4) is 0 Å². The number of aryl methyl sites for hydroxylation is 1. The quantitative estimate of drug-likeness (QED) is 0.853. The van der Waals surface area contributed by atoms with E-state index >= 15 is 0 Å². The van der Waals surface area contributed by atoms with E-state index in [9.17, 15) is 4.79 Å². The summed E-state index contributed by atoms with van der Waals surface area (Å²) in [7, 11) is 0. The lowest BCUT2D eigenvalue weighted by Crippen LogP contribution is -2.33. The second-order valence-corrected chi connectivity index (χ2v) is 6.37. The number of pyridine rings is 1. The van der Waals surface area contributed by atoms with Crippen LogP contribution in [0.25, 0.3) is 11.5 Å². The van der Waals surface area contributed by atoms with Crippen LogP contribution in [0.5, 0.6) is 0 Å². The summed E-state index contributed by atoms with van der Waals surface area (Å²) in [6, 6.07) is 4.10. The van der Waals surface area contributed by atoms with Crippen LogP contribution in [0.15, 0.2) is 27.9 Å². The summed E-state index contributed by atoms with van der Waals surface area (Å²) < 4.78 is 5.09. The van der Waals surface area contributed by atoms with Gasteiger partial charge >= 0.3 is 0 Å². The number of aromatic nitrogens is 3. The average Bonchev–Trinajstić information content (AvgIpc) is 3.17. The smallest absolute Gasteiger partial charge is 0.259 e. The molecule has 2 aromatic rings. The topological polar surface area (TPSA) is 80.9 Å². The van der Waals surface area contributed by atoms with Gasteiger partial charge in [0.05, 0.1) is 16.3 Å². The van der Waals surface area contributed by atoms with Gasteiger partial charge in [-0.2, -0.15) is 4.98 Å². The molecule has 1 amide bonds. The first-order chi connectivity index (χ1) is 10.7. The molecule has 2 heterocycles. The van der Waals surface area contributed by atoms with Crippen molar-refractivity contribution in [2.24, 2.45) is 0 Å². The minimum absolute atomic E-state index is 0.0790. The van der Waals surface area contributed by atoms with Crippen molar-refractivity contribution in [1.29, 1.82) is 0 Å². The van der Waals surface area contributed by atoms with E-state index in [1.54, 1.807) is 13.1 Å². The Kier molecular flexibility index (Phi) is 4.72. The van der Waals surface area contributed by atoms with Gasteiger partial charge in [0.1, 0.15) is 0 Å². The number of rotatable bonds is 5. The largest absolute Gasteiger partial charge is 0.353 e. The summed E-state index contributed by atoms with van der Waals surface area (Å²) in [5.41, 5.74) is 0.778. The van der Waals surface area contributed by atoms with Crippen LogP contribution in [-0.2, 0) is 4.79 Å². The Labute approximate surface area is 133 Å². The zero-order valence-electron chi connectivity index (χ0n) is 12.4. The summed E-state index contributed by atoms with van der Waals surface area (Å²) >= 11 is 1.43. The Morgan fingerprint density at radius 2 is 2.23 bits per heavy atom. The number of nitrogens with zero attached hydrogens (tertiary/aromatic N) is 3. The highest BCUT2D eigenvalue weighted by Crippen LogP contribution is 2.21. The van der Waals surface area contributed by atoms with E-state index in [-0.39, 0.29) is 5.91 Å². The first-order valence-corrected chi connectivity index (χ1v) is 8.38. The second kappa shape index (κ2) is 6.91. The molecule has 0 aliphatic heterocycles. The van der Waals surface area contributed by atoms with Crippen molar-refractivity contribution in [2.75, 3.05) is 5.75 Å². The first-order valence-electron chi connectivity index (χ1n) is 7.39. The summed E-state index contributed by atoms with van der Waals surface area (Å²) in [5, 5.41) is 7.63. The molecule has 22 heavy (non-hydrogen) atoms. The van der Waals surface area contributed by atoms with Crippen molar-refractivity contribution in [2.45, 2.75) is 43.7 Å². The molecule has 1 aliphatic carbocycles. The Bertz CT molecular complexity index is 635. The van der Waals surface area contributed by atoms with E-state index in [4.69, 9.17) is 4.52 Å². The van der Waals surface area contributed by atoms with Gasteiger partial charge in [0.25, 0.3) is 5.89 Å². The molecule has 1 fully saturated rings. The predicted molar refractivity (Wildman–Crippen MR) is 83.4 cm³/mol. The SMILES string of the molecule is Cc1noc(-c2ccc(SCC(=O)NC3CCCC3)nc2)n1. The van der Waals surface area contributed by atoms with Crippen LogP contribution in [0.2, 0.25) is 0 Å². The monoisotopic (exact) mass is 318 g/mol. The summed E-state index contributed by atoms with van der Waals surface area (Å²) in [6.07, 6.45) is 6.33. The molecule has 6 nitrogen and oxygen atoms in total. The number of hydrogen-bond donors (Lipinski definition) is 1. The van der Waals surface area contributed by atoms with Gasteiger partial charge in [0.15, 0.2) is 5.82 Å². The maximum absolute atomic E-state index is 11.9. The summed E-state index contributed by atoms with van der Waals surface area (Å²) in [5.74, 6) is 1.52. The van der Waals surface area contributed by atoms with Crippen LogP contribution in [0.1, 0.15) is 31.5 Å². The van der Waals surface area contributed by atoms with E-state index in [1.807, 2.05) is 12.1 Å². The highest BCUT2D eigenvalue weighted by atomic mass is 32.2. The van der Waals surface area contributed by atoms with Gasteiger partial charge in [-0.25, -0.2) is 4.98 Å². The van der Waals surface area contributed by atoms with Crippen molar-refractivity contribution in [3.8, 4) is 11.5 Å². The minimum Gasteiger partial charge on any atom is -0.353 e. The van der Waals surface area contributed by atoms with E-state index < -0.39 is 0 Å². The number of carbonyl (C=O) groups excluding carboxylic acids is 1. The maximum atomic E-state index is 11.9. The van der Waals surface area contributed by atoms with Crippen LogP contribution in [-0.4, -0.2) is 32.8 Å². The molecule has 0 aromatic carbocycles. The van der Waals surface area contributed by atoms with Crippen molar-refractivity contribution in [1.82, 2.24) is 20.4 Å². The molecule has 2 aromatic heterocycles. The van der Waals surface area contributed by atoms with Crippen LogP contribution in [0, 0.1) is 6.92 Å². The van der Waals surface area contributed by atoms with Crippen LogP contribution < -0.4 is 5.32 Å². The standard InChI is InChI=1S/C15H18N4O2S/c1-10-17-15(21-19-10)11-6-7-14(16-8-11)22-9-13(20)18-12-4-2-3-5-12/h6-8,12H,2-5,9H2,1H3,(H,18,20). The molecule has 0 atom stereocenters. The fourth-order valence-electron chi connectivity index (χ4n) is 2.49. The molecule has 0 bridgehead atoms. The van der Waals surface area contributed by atoms with Gasteiger partial charge < -0.3 is 9.84 Å². The third-order valence-electron chi connectivity index (χ3n) is 3.58. The molecule has 0 unspecified atom stereocenters. The van der Waals surface area contributed by atoms with Crippen molar-refractivity contribution >= 4 is 17.7 Å². The highest BCUT2D eigenvalue weighted by molar-refractivity contribution is 7.99.